The lowest BCUT2D eigenvalue weighted by Crippen LogP contribution is -2.05. The first-order chi connectivity index (χ1) is 5.29. The van der Waals surface area contributed by atoms with E-state index < -0.39 is 5.97 Å². The Balaban J connectivity index is 0.00000121. The van der Waals surface area contributed by atoms with E-state index in [2.05, 4.69) is 0 Å². The first kappa shape index (κ1) is 11.7. The van der Waals surface area contributed by atoms with Gasteiger partial charge in [-0.15, -0.1) is 12.4 Å². The molecule has 3 nitrogen and oxygen atoms in total. The lowest BCUT2D eigenvalue weighted by molar-refractivity contribution is -0.137. The summed E-state index contributed by atoms with van der Waals surface area (Å²) < 4.78 is 5.34. The number of carboxylic acids is 1. The second-order valence-electron chi connectivity index (χ2n) is 2.92. The number of carbonyl (C=O) groups is 1. The van der Waals surface area contributed by atoms with Crippen molar-refractivity contribution in [1.82, 2.24) is 0 Å². The van der Waals surface area contributed by atoms with E-state index in [1.54, 1.807) is 0 Å². The van der Waals surface area contributed by atoms with Crippen molar-refractivity contribution in [2.75, 3.05) is 6.61 Å². The number of carboxylic acid groups (broad SMARTS) is 1. The summed E-state index contributed by atoms with van der Waals surface area (Å²) in [6, 6.07) is 0. The molecule has 12 heavy (non-hydrogen) atoms. The van der Waals surface area contributed by atoms with Crippen molar-refractivity contribution in [2.45, 2.75) is 38.2 Å². The van der Waals surface area contributed by atoms with Gasteiger partial charge in [0.15, 0.2) is 0 Å². The van der Waals surface area contributed by atoms with Crippen LogP contribution in [0.4, 0.5) is 0 Å². The normalized spacial score (nSPS) is 21.8. The van der Waals surface area contributed by atoms with Crippen LogP contribution in [0.15, 0.2) is 0 Å². The zero-order chi connectivity index (χ0) is 8.10. The van der Waals surface area contributed by atoms with Gasteiger partial charge in [0.2, 0.25) is 0 Å². The number of aliphatic carboxylic acids is 1. The molecule has 1 unspecified atom stereocenters. The van der Waals surface area contributed by atoms with Crippen LogP contribution in [-0.4, -0.2) is 23.8 Å². The van der Waals surface area contributed by atoms with Gasteiger partial charge in [-0.3, -0.25) is 4.79 Å². The van der Waals surface area contributed by atoms with Gasteiger partial charge >= 0.3 is 5.97 Å². The van der Waals surface area contributed by atoms with Gasteiger partial charge in [0.05, 0.1) is 6.10 Å². The molecule has 1 N–H and O–H groups in total. The molecule has 0 aromatic rings. The Kier molecular flexibility index (Phi) is 6.11. The molecule has 0 aromatic carbocycles. The molecule has 1 fully saturated rings. The van der Waals surface area contributed by atoms with Crippen LogP contribution in [0.25, 0.3) is 0 Å². The van der Waals surface area contributed by atoms with Gasteiger partial charge in [0.25, 0.3) is 0 Å². The molecule has 1 aliphatic heterocycles. The van der Waals surface area contributed by atoms with Gasteiger partial charge in [0.1, 0.15) is 0 Å². The molecule has 0 saturated carbocycles. The van der Waals surface area contributed by atoms with Crippen molar-refractivity contribution in [3.8, 4) is 0 Å². The summed E-state index contributed by atoms with van der Waals surface area (Å²) in [6.45, 7) is 0.859. The SMILES string of the molecule is Cl.O=C(O)CCCC1CCCO1. The highest BCUT2D eigenvalue weighted by Gasteiger charge is 2.14. The maximum absolute atomic E-state index is 10.1. The molecule has 1 aliphatic rings. The lowest BCUT2D eigenvalue weighted by atomic mass is 10.1. The number of halogens is 1. The molecule has 0 spiro atoms. The standard InChI is InChI=1S/C8H14O3.ClH/c9-8(10)5-1-3-7-4-2-6-11-7;/h7H,1-6H2,(H,9,10);1H. The molecule has 0 amide bonds. The summed E-state index contributed by atoms with van der Waals surface area (Å²) in [5, 5.41) is 8.35. The minimum Gasteiger partial charge on any atom is -0.481 e. The summed E-state index contributed by atoms with van der Waals surface area (Å²) >= 11 is 0. The number of ether oxygens (including phenoxy) is 1. The minimum absolute atomic E-state index is 0. The van der Waals surface area contributed by atoms with Crippen molar-refractivity contribution < 1.29 is 14.6 Å². The predicted molar refractivity (Wildman–Crippen MR) is 47.7 cm³/mol. The molecule has 0 aromatic heterocycles. The number of hydrogen-bond acceptors (Lipinski definition) is 2. The molecule has 1 atom stereocenters. The lowest BCUT2D eigenvalue weighted by Gasteiger charge is -2.06. The van der Waals surface area contributed by atoms with Crippen LogP contribution in [0.2, 0.25) is 0 Å². The Morgan fingerprint density at radius 3 is 2.83 bits per heavy atom. The Hall–Kier alpha value is -0.280. The zero-order valence-corrected chi connectivity index (χ0v) is 7.81. The van der Waals surface area contributed by atoms with Gasteiger partial charge in [-0.1, -0.05) is 0 Å². The fourth-order valence-corrected chi connectivity index (χ4v) is 1.35. The minimum atomic E-state index is -0.706. The molecule has 0 aliphatic carbocycles. The van der Waals surface area contributed by atoms with Crippen molar-refractivity contribution in [2.24, 2.45) is 0 Å². The van der Waals surface area contributed by atoms with Crippen LogP contribution in [-0.2, 0) is 9.53 Å². The Morgan fingerprint density at radius 2 is 2.33 bits per heavy atom. The maximum atomic E-state index is 10.1. The van der Waals surface area contributed by atoms with E-state index in [9.17, 15) is 4.79 Å². The Labute approximate surface area is 78.5 Å². The summed E-state index contributed by atoms with van der Waals surface area (Å²) in [7, 11) is 0. The quantitative estimate of drug-likeness (QED) is 0.743. The third kappa shape index (κ3) is 4.57. The van der Waals surface area contributed by atoms with Gasteiger partial charge in [-0.2, -0.15) is 0 Å². The van der Waals surface area contributed by atoms with E-state index >= 15 is 0 Å². The summed E-state index contributed by atoms with van der Waals surface area (Å²) in [5.74, 6) is -0.706. The second kappa shape index (κ2) is 6.26. The smallest absolute Gasteiger partial charge is 0.303 e. The van der Waals surface area contributed by atoms with Crippen molar-refractivity contribution in [1.29, 1.82) is 0 Å². The van der Waals surface area contributed by atoms with Crippen LogP contribution in [0.3, 0.4) is 0 Å². The zero-order valence-electron chi connectivity index (χ0n) is 6.99. The van der Waals surface area contributed by atoms with Crippen LogP contribution in [0.1, 0.15) is 32.1 Å². The van der Waals surface area contributed by atoms with Crippen molar-refractivity contribution in [3.05, 3.63) is 0 Å². The maximum Gasteiger partial charge on any atom is 0.303 e. The molecule has 1 heterocycles. The summed E-state index contributed by atoms with van der Waals surface area (Å²) in [6.07, 6.45) is 4.53. The Bertz CT molecular complexity index is 132. The fraction of sp³-hybridized carbons (Fsp3) is 0.875. The molecule has 72 valence electrons. The summed E-state index contributed by atoms with van der Waals surface area (Å²) in [4.78, 5) is 10.1. The van der Waals surface area contributed by atoms with Crippen molar-refractivity contribution in [3.63, 3.8) is 0 Å². The van der Waals surface area contributed by atoms with E-state index in [1.807, 2.05) is 0 Å². The van der Waals surface area contributed by atoms with E-state index in [0.29, 0.717) is 6.10 Å². The molecule has 1 saturated heterocycles. The highest BCUT2D eigenvalue weighted by molar-refractivity contribution is 5.85. The van der Waals surface area contributed by atoms with Crippen LogP contribution in [0.5, 0.6) is 0 Å². The van der Waals surface area contributed by atoms with Crippen molar-refractivity contribution >= 4 is 18.4 Å². The van der Waals surface area contributed by atoms with Gasteiger partial charge in [0, 0.05) is 13.0 Å². The first-order valence-electron chi connectivity index (χ1n) is 4.12. The topological polar surface area (TPSA) is 46.5 Å². The summed E-state index contributed by atoms with van der Waals surface area (Å²) in [5.41, 5.74) is 0. The van der Waals surface area contributed by atoms with Crippen LogP contribution < -0.4 is 0 Å². The van der Waals surface area contributed by atoms with E-state index in [-0.39, 0.29) is 18.8 Å². The first-order valence-corrected chi connectivity index (χ1v) is 4.12. The largest absolute Gasteiger partial charge is 0.481 e. The van der Waals surface area contributed by atoms with Gasteiger partial charge in [-0.25, -0.2) is 0 Å². The molecular weight excluding hydrogens is 180 g/mol. The molecule has 0 bridgehead atoms. The van der Waals surface area contributed by atoms with Gasteiger partial charge in [-0.05, 0) is 25.7 Å². The van der Waals surface area contributed by atoms with Crippen LogP contribution in [0, 0.1) is 0 Å². The van der Waals surface area contributed by atoms with E-state index in [1.165, 1.54) is 0 Å². The molecule has 4 heteroatoms. The molecular formula is C8H15ClO3. The second-order valence-corrected chi connectivity index (χ2v) is 2.92. The average Bonchev–Trinajstić information content (AvgIpc) is 2.39. The monoisotopic (exact) mass is 194 g/mol. The Morgan fingerprint density at radius 1 is 1.58 bits per heavy atom. The van der Waals surface area contributed by atoms with E-state index in [0.717, 1.165) is 32.3 Å². The molecule has 0 radical (unpaired) electrons. The third-order valence-electron chi connectivity index (χ3n) is 1.94. The highest BCUT2D eigenvalue weighted by Crippen LogP contribution is 2.17. The highest BCUT2D eigenvalue weighted by atomic mass is 35.5. The van der Waals surface area contributed by atoms with E-state index in [4.69, 9.17) is 9.84 Å². The van der Waals surface area contributed by atoms with Crippen LogP contribution >= 0.6 is 12.4 Å². The van der Waals surface area contributed by atoms with Gasteiger partial charge < -0.3 is 9.84 Å². The average molecular weight is 195 g/mol. The number of rotatable bonds is 4. The fourth-order valence-electron chi connectivity index (χ4n) is 1.35. The molecule has 1 rings (SSSR count). The number of hydrogen-bond donors (Lipinski definition) is 1. The predicted octanol–water partition coefficient (Wildman–Crippen LogP) is 1.84. The third-order valence-corrected chi connectivity index (χ3v) is 1.94.